The standard InChI is InChI=1S/C17H20ClN3OS3/c1-23-15-14(17(24-2)25-19-15)16(22)21-8-6-20(7-9-21)11-12-4-3-5-13(18)10-12/h3-5,10H,6-9,11H2,1-2H3. The minimum atomic E-state index is 0.116. The normalized spacial score (nSPS) is 15.6. The van der Waals surface area contributed by atoms with Crippen molar-refractivity contribution in [3.63, 3.8) is 0 Å². The highest BCUT2D eigenvalue weighted by atomic mass is 35.5. The highest BCUT2D eigenvalue weighted by Crippen LogP contribution is 2.33. The van der Waals surface area contributed by atoms with Gasteiger partial charge in [0.05, 0.1) is 9.77 Å². The fourth-order valence-corrected chi connectivity index (χ4v) is 5.36. The van der Waals surface area contributed by atoms with E-state index in [2.05, 4.69) is 15.3 Å². The van der Waals surface area contributed by atoms with Crippen LogP contribution in [0.1, 0.15) is 15.9 Å². The molecule has 2 aromatic rings. The SMILES string of the molecule is CSc1nsc(SC)c1C(=O)N1CCN(Cc2cccc(Cl)c2)CC1. The van der Waals surface area contributed by atoms with Gasteiger partial charge in [-0.05, 0) is 41.7 Å². The molecule has 25 heavy (non-hydrogen) atoms. The summed E-state index contributed by atoms with van der Waals surface area (Å²) >= 11 is 10.6. The van der Waals surface area contributed by atoms with Crippen molar-refractivity contribution in [2.75, 3.05) is 38.7 Å². The Bertz CT molecular complexity index is 723. The first-order valence-corrected chi connectivity index (χ1v) is 11.6. The number of hydrogen-bond acceptors (Lipinski definition) is 6. The maximum absolute atomic E-state index is 13.0. The summed E-state index contributed by atoms with van der Waals surface area (Å²) in [5, 5.41) is 1.62. The van der Waals surface area contributed by atoms with Crippen LogP contribution < -0.4 is 0 Å². The Kier molecular flexibility index (Phi) is 6.68. The molecule has 1 aliphatic heterocycles. The fourth-order valence-electron chi connectivity index (χ4n) is 2.88. The number of benzene rings is 1. The van der Waals surface area contributed by atoms with Gasteiger partial charge in [0, 0.05) is 37.7 Å². The predicted octanol–water partition coefficient (Wildman–Crippen LogP) is 4.20. The van der Waals surface area contributed by atoms with Gasteiger partial charge in [0.15, 0.2) is 0 Å². The molecule has 0 N–H and O–H groups in total. The lowest BCUT2D eigenvalue weighted by molar-refractivity contribution is 0.0622. The molecular formula is C17H20ClN3OS3. The summed E-state index contributed by atoms with van der Waals surface area (Å²) < 4.78 is 5.42. The molecule has 0 spiro atoms. The number of carbonyl (C=O) groups is 1. The molecule has 3 rings (SSSR count). The zero-order valence-electron chi connectivity index (χ0n) is 14.2. The van der Waals surface area contributed by atoms with E-state index >= 15 is 0 Å². The number of amides is 1. The molecule has 1 aliphatic rings. The van der Waals surface area contributed by atoms with Crippen LogP contribution in [0.2, 0.25) is 5.02 Å². The van der Waals surface area contributed by atoms with Gasteiger partial charge in [-0.3, -0.25) is 9.69 Å². The van der Waals surface area contributed by atoms with Gasteiger partial charge >= 0.3 is 0 Å². The second kappa shape index (κ2) is 8.77. The first-order valence-electron chi connectivity index (χ1n) is 7.96. The maximum Gasteiger partial charge on any atom is 0.258 e. The summed E-state index contributed by atoms with van der Waals surface area (Å²) in [6.07, 6.45) is 3.97. The largest absolute Gasteiger partial charge is 0.336 e. The number of halogens is 1. The van der Waals surface area contributed by atoms with E-state index in [0.717, 1.165) is 52.5 Å². The van der Waals surface area contributed by atoms with E-state index in [1.165, 1.54) is 17.1 Å². The average molecular weight is 414 g/mol. The monoisotopic (exact) mass is 413 g/mol. The molecule has 1 fully saturated rings. The highest BCUT2D eigenvalue weighted by molar-refractivity contribution is 8.01. The van der Waals surface area contributed by atoms with Gasteiger partial charge in [0.25, 0.3) is 5.91 Å². The van der Waals surface area contributed by atoms with Crippen molar-refractivity contribution in [3.05, 3.63) is 40.4 Å². The third kappa shape index (κ3) is 4.52. The lowest BCUT2D eigenvalue weighted by atomic mass is 10.2. The number of carbonyl (C=O) groups excluding carboxylic acids is 1. The van der Waals surface area contributed by atoms with Crippen LogP contribution in [0.25, 0.3) is 0 Å². The Morgan fingerprint density at radius 3 is 2.64 bits per heavy atom. The van der Waals surface area contributed by atoms with Crippen LogP contribution in [0, 0.1) is 0 Å². The highest BCUT2D eigenvalue weighted by Gasteiger charge is 2.27. The minimum Gasteiger partial charge on any atom is -0.336 e. The number of nitrogens with zero attached hydrogens (tertiary/aromatic N) is 3. The Morgan fingerprint density at radius 2 is 2.00 bits per heavy atom. The van der Waals surface area contributed by atoms with Crippen LogP contribution in [0.15, 0.2) is 33.5 Å². The molecule has 1 saturated heterocycles. The summed E-state index contributed by atoms with van der Waals surface area (Å²) in [7, 11) is 0. The average Bonchev–Trinajstić information content (AvgIpc) is 3.05. The van der Waals surface area contributed by atoms with Gasteiger partial charge in [-0.25, -0.2) is 0 Å². The van der Waals surface area contributed by atoms with Crippen molar-refractivity contribution < 1.29 is 4.79 Å². The summed E-state index contributed by atoms with van der Waals surface area (Å²) in [5.41, 5.74) is 2.00. The smallest absolute Gasteiger partial charge is 0.258 e. The van der Waals surface area contributed by atoms with Crippen LogP contribution in [0.3, 0.4) is 0 Å². The van der Waals surface area contributed by atoms with Crippen LogP contribution in [0.5, 0.6) is 0 Å². The van der Waals surface area contributed by atoms with E-state index in [0.29, 0.717) is 0 Å². The second-order valence-electron chi connectivity index (χ2n) is 5.76. The molecular weight excluding hydrogens is 394 g/mol. The number of hydrogen-bond donors (Lipinski definition) is 0. The molecule has 2 heterocycles. The van der Waals surface area contributed by atoms with Crippen molar-refractivity contribution >= 4 is 52.6 Å². The maximum atomic E-state index is 13.0. The van der Waals surface area contributed by atoms with E-state index in [1.54, 1.807) is 23.5 Å². The third-order valence-electron chi connectivity index (χ3n) is 4.18. The second-order valence-corrected chi connectivity index (χ2v) is 8.84. The number of piperazine rings is 1. The first-order chi connectivity index (χ1) is 12.1. The van der Waals surface area contributed by atoms with Crippen molar-refractivity contribution in [2.45, 2.75) is 15.8 Å². The van der Waals surface area contributed by atoms with E-state index in [9.17, 15) is 4.79 Å². The Morgan fingerprint density at radius 1 is 1.24 bits per heavy atom. The lowest BCUT2D eigenvalue weighted by Gasteiger charge is -2.34. The molecule has 0 bridgehead atoms. The molecule has 0 radical (unpaired) electrons. The molecule has 1 aromatic carbocycles. The fraction of sp³-hybridized carbons (Fsp3) is 0.412. The van der Waals surface area contributed by atoms with E-state index in [1.807, 2.05) is 35.6 Å². The topological polar surface area (TPSA) is 36.4 Å². The van der Waals surface area contributed by atoms with Gasteiger partial charge < -0.3 is 4.90 Å². The van der Waals surface area contributed by atoms with Gasteiger partial charge in [0.1, 0.15) is 5.03 Å². The number of thioether (sulfide) groups is 2. The minimum absolute atomic E-state index is 0.116. The van der Waals surface area contributed by atoms with Gasteiger partial charge in [0.2, 0.25) is 0 Å². The number of aromatic nitrogens is 1. The zero-order chi connectivity index (χ0) is 17.8. The van der Waals surface area contributed by atoms with E-state index in [4.69, 9.17) is 11.6 Å². The van der Waals surface area contributed by atoms with Crippen LogP contribution >= 0.6 is 46.7 Å². The first kappa shape index (κ1) is 19.0. The Balaban J connectivity index is 1.62. The predicted molar refractivity (Wildman–Crippen MR) is 108 cm³/mol. The Labute approximate surface area is 166 Å². The molecule has 8 heteroatoms. The van der Waals surface area contributed by atoms with E-state index < -0.39 is 0 Å². The van der Waals surface area contributed by atoms with Crippen molar-refractivity contribution in [1.29, 1.82) is 0 Å². The Hall–Kier alpha value is -0.730. The van der Waals surface area contributed by atoms with Gasteiger partial charge in [-0.2, -0.15) is 4.37 Å². The molecule has 0 aliphatic carbocycles. The summed E-state index contributed by atoms with van der Waals surface area (Å²) in [5.74, 6) is 0.116. The zero-order valence-corrected chi connectivity index (χ0v) is 17.4. The molecule has 134 valence electrons. The summed E-state index contributed by atoms with van der Waals surface area (Å²) in [4.78, 5) is 17.3. The van der Waals surface area contributed by atoms with Crippen molar-refractivity contribution in [2.24, 2.45) is 0 Å². The molecule has 4 nitrogen and oxygen atoms in total. The van der Waals surface area contributed by atoms with Gasteiger partial charge in [-0.1, -0.05) is 23.7 Å². The van der Waals surface area contributed by atoms with E-state index in [-0.39, 0.29) is 5.91 Å². The van der Waals surface area contributed by atoms with Crippen LogP contribution in [-0.2, 0) is 6.54 Å². The molecule has 0 atom stereocenters. The quantitative estimate of drug-likeness (QED) is 0.686. The summed E-state index contributed by atoms with van der Waals surface area (Å²) in [6.45, 7) is 4.11. The van der Waals surface area contributed by atoms with Gasteiger partial charge in [-0.15, -0.1) is 23.5 Å². The lowest BCUT2D eigenvalue weighted by Crippen LogP contribution is -2.48. The van der Waals surface area contributed by atoms with Crippen LogP contribution in [-0.4, -0.2) is 58.8 Å². The molecule has 1 amide bonds. The molecule has 0 unspecified atom stereocenters. The summed E-state index contributed by atoms with van der Waals surface area (Å²) in [6, 6.07) is 7.97. The third-order valence-corrected chi connectivity index (χ3v) is 7.15. The van der Waals surface area contributed by atoms with Crippen molar-refractivity contribution in [1.82, 2.24) is 14.2 Å². The van der Waals surface area contributed by atoms with Crippen molar-refractivity contribution in [3.8, 4) is 0 Å². The number of rotatable bonds is 5. The molecule has 1 aromatic heterocycles. The molecule has 0 saturated carbocycles. The van der Waals surface area contributed by atoms with Crippen LogP contribution in [0.4, 0.5) is 0 Å².